The van der Waals surface area contributed by atoms with Crippen molar-refractivity contribution in [2.75, 3.05) is 23.4 Å². The molecule has 10 heteroatoms. The molecule has 1 aliphatic rings. The fourth-order valence-corrected chi connectivity index (χ4v) is 4.05. The molecule has 3 aromatic rings. The quantitative estimate of drug-likeness (QED) is 0.440. The van der Waals surface area contributed by atoms with Crippen LogP contribution in [0.1, 0.15) is 48.8 Å². The van der Waals surface area contributed by atoms with E-state index in [1.54, 1.807) is 37.3 Å². The van der Waals surface area contributed by atoms with Crippen LogP contribution in [-0.4, -0.2) is 42.1 Å². The summed E-state index contributed by atoms with van der Waals surface area (Å²) < 4.78 is 16.2. The monoisotopic (exact) mass is 494 g/mol. The number of benzene rings is 1. The molecule has 1 aliphatic heterocycles. The van der Waals surface area contributed by atoms with Gasteiger partial charge in [-0.05, 0) is 51.0 Å². The van der Waals surface area contributed by atoms with Gasteiger partial charge in [0.2, 0.25) is 11.8 Å². The number of ether oxygens (including phenoxy) is 1. The van der Waals surface area contributed by atoms with Crippen LogP contribution in [0.5, 0.6) is 0 Å². The highest BCUT2D eigenvalue weighted by molar-refractivity contribution is 6.02. The largest absolute Gasteiger partial charge is 0.467 e. The molecule has 1 aromatic carbocycles. The molecule has 0 aliphatic carbocycles. The summed E-state index contributed by atoms with van der Waals surface area (Å²) in [5.74, 6) is -0.0328. The second-order valence-corrected chi connectivity index (χ2v) is 8.77. The molecule has 2 N–H and O–H groups in total. The number of amides is 3. The van der Waals surface area contributed by atoms with Crippen LogP contribution in [0, 0.1) is 13.8 Å². The van der Waals surface area contributed by atoms with Crippen molar-refractivity contribution in [3.8, 4) is 0 Å². The van der Waals surface area contributed by atoms with E-state index in [1.807, 2.05) is 19.1 Å². The molecule has 0 bridgehead atoms. The maximum absolute atomic E-state index is 13.6. The molecule has 0 spiro atoms. The van der Waals surface area contributed by atoms with Gasteiger partial charge in [-0.25, -0.2) is 0 Å². The zero-order valence-electron chi connectivity index (χ0n) is 20.4. The number of rotatable bonds is 10. The van der Waals surface area contributed by atoms with Crippen LogP contribution in [0.25, 0.3) is 0 Å². The molecular formula is C26H30N4O6. The van der Waals surface area contributed by atoms with Gasteiger partial charge < -0.3 is 24.3 Å². The van der Waals surface area contributed by atoms with Crippen LogP contribution in [0.3, 0.4) is 0 Å². The summed E-state index contributed by atoms with van der Waals surface area (Å²) in [6.45, 7) is 4.66. The number of aryl methyl sites for hydroxylation is 2. The van der Waals surface area contributed by atoms with E-state index in [2.05, 4.69) is 15.8 Å². The summed E-state index contributed by atoms with van der Waals surface area (Å²) in [4.78, 5) is 40.8. The Balaban J connectivity index is 1.54. The number of carbonyl (C=O) groups excluding carboxylic acids is 3. The van der Waals surface area contributed by atoms with E-state index in [4.69, 9.17) is 13.7 Å². The molecule has 0 saturated carbocycles. The van der Waals surface area contributed by atoms with E-state index in [0.29, 0.717) is 30.4 Å². The number of nitrogens with one attached hydrogen (secondary N) is 2. The zero-order valence-corrected chi connectivity index (χ0v) is 20.4. The lowest BCUT2D eigenvalue weighted by Crippen LogP contribution is -2.45. The van der Waals surface area contributed by atoms with Crippen molar-refractivity contribution in [2.45, 2.75) is 51.7 Å². The van der Waals surface area contributed by atoms with Gasteiger partial charge in [-0.15, -0.1) is 0 Å². The summed E-state index contributed by atoms with van der Waals surface area (Å²) >= 11 is 0. The molecule has 3 amide bonds. The van der Waals surface area contributed by atoms with Crippen LogP contribution in [0.2, 0.25) is 0 Å². The van der Waals surface area contributed by atoms with Crippen molar-refractivity contribution in [1.82, 2.24) is 10.5 Å². The Kier molecular flexibility index (Phi) is 8.17. The Morgan fingerprint density at radius 1 is 1.14 bits per heavy atom. The molecule has 1 saturated heterocycles. The first kappa shape index (κ1) is 25.2. The fraction of sp³-hybridized carbons (Fsp3) is 0.385. The van der Waals surface area contributed by atoms with Crippen LogP contribution >= 0.6 is 0 Å². The maximum Gasteiger partial charge on any atom is 0.251 e. The van der Waals surface area contributed by atoms with Gasteiger partial charge >= 0.3 is 0 Å². The summed E-state index contributed by atoms with van der Waals surface area (Å²) in [7, 11) is 0. The van der Waals surface area contributed by atoms with Gasteiger partial charge in [0, 0.05) is 37.7 Å². The van der Waals surface area contributed by atoms with Gasteiger partial charge in [0.1, 0.15) is 11.5 Å². The average molecular weight is 495 g/mol. The van der Waals surface area contributed by atoms with Crippen molar-refractivity contribution in [3.05, 3.63) is 65.8 Å². The SMILES string of the molecule is Cc1ccc(N(C(=O)CCC(=O)Nc2cc(C)on2)[C@@H](C(=O)NC[C@@H]2CCCO2)c2ccco2)cc1. The first-order valence-corrected chi connectivity index (χ1v) is 12.0. The summed E-state index contributed by atoms with van der Waals surface area (Å²) in [6.07, 6.45) is 2.99. The maximum atomic E-state index is 13.6. The van der Waals surface area contributed by atoms with E-state index in [1.165, 1.54) is 11.2 Å². The average Bonchev–Trinajstić information content (AvgIpc) is 3.64. The predicted molar refractivity (Wildman–Crippen MR) is 131 cm³/mol. The molecule has 190 valence electrons. The van der Waals surface area contributed by atoms with Gasteiger partial charge in [0.25, 0.3) is 5.91 Å². The Bertz CT molecular complexity index is 1170. The molecule has 2 atom stereocenters. The van der Waals surface area contributed by atoms with Crippen LogP contribution in [0.15, 0.2) is 57.7 Å². The molecular weight excluding hydrogens is 464 g/mol. The van der Waals surface area contributed by atoms with E-state index in [0.717, 1.165) is 18.4 Å². The molecule has 1 fully saturated rings. The lowest BCUT2D eigenvalue weighted by atomic mass is 10.1. The van der Waals surface area contributed by atoms with Crippen LogP contribution in [-0.2, 0) is 19.1 Å². The smallest absolute Gasteiger partial charge is 0.251 e. The van der Waals surface area contributed by atoms with Gasteiger partial charge in [-0.2, -0.15) is 0 Å². The second kappa shape index (κ2) is 11.7. The van der Waals surface area contributed by atoms with Gasteiger partial charge in [0.05, 0.1) is 12.4 Å². The number of hydrogen-bond donors (Lipinski definition) is 2. The number of hydrogen-bond acceptors (Lipinski definition) is 7. The first-order valence-electron chi connectivity index (χ1n) is 12.0. The van der Waals surface area contributed by atoms with Gasteiger partial charge in [0.15, 0.2) is 11.9 Å². The highest BCUT2D eigenvalue weighted by Crippen LogP contribution is 2.30. The zero-order chi connectivity index (χ0) is 25.5. The normalized spacial score (nSPS) is 15.9. The number of aromatic nitrogens is 1. The van der Waals surface area contributed by atoms with E-state index in [9.17, 15) is 14.4 Å². The van der Waals surface area contributed by atoms with Crippen molar-refractivity contribution < 1.29 is 28.1 Å². The van der Waals surface area contributed by atoms with E-state index >= 15 is 0 Å². The molecule has 10 nitrogen and oxygen atoms in total. The Labute approximate surface area is 209 Å². The van der Waals surface area contributed by atoms with Gasteiger partial charge in [-0.1, -0.05) is 22.9 Å². The van der Waals surface area contributed by atoms with Crippen molar-refractivity contribution in [1.29, 1.82) is 0 Å². The molecule has 0 unspecified atom stereocenters. The minimum Gasteiger partial charge on any atom is -0.467 e. The number of carbonyl (C=O) groups is 3. The molecule has 2 aromatic heterocycles. The number of anilines is 2. The van der Waals surface area contributed by atoms with Crippen molar-refractivity contribution in [2.24, 2.45) is 0 Å². The van der Waals surface area contributed by atoms with Gasteiger partial charge in [-0.3, -0.25) is 19.3 Å². The Hall–Kier alpha value is -3.92. The first-order chi connectivity index (χ1) is 17.4. The lowest BCUT2D eigenvalue weighted by Gasteiger charge is -2.30. The highest BCUT2D eigenvalue weighted by atomic mass is 16.5. The third-order valence-electron chi connectivity index (χ3n) is 5.89. The minimum atomic E-state index is -1.06. The number of furan rings is 1. The summed E-state index contributed by atoms with van der Waals surface area (Å²) in [6, 6.07) is 11.1. The Morgan fingerprint density at radius 3 is 2.58 bits per heavy atom. The third-order valence-corrected chi connectivity index (χ3v) is 5.89. The van der Waals surface area contributed by atoms with E-state index in [-0.39, 0.29) is 24.8 Å². The molecule has 3 heterocycles. The topological polar surface area (TPSA) is 127 Å². The predicted octanol–water partition coefficient (Wildman–Crippen LogP) is 3.67. The van der Waals surface area contributed by atoms with Crippen LogP contribution < -0.4 is 15.5 Å². The van der Waals surface area contributed by atoms with E-state index < -0.39 is 23.8 Å². The highest BCUT2D eigenvalue weighted by Gasteiger charge is 2.35. The van der Waals surface area contributed by atoms with Crippen LogP contribution in [0.4, 0.5) is 11.5 Å². The van der Waals surface area contributed by atoms with Crippen molar-refractivity contribution >= 4 is 29.2 Å². The Morgan fingerprint density at radius 2 is 1.94 bits per heavy atom. The summed E-state index contributed by atoms with van der Waals surface area (Å²) in [5, 5.41) is 9.26. The molecule has 0 radical (unpaired) electrons. The molecule has 36 heavy (non-hydrogen) atoms. The standard InChI is InChI=1S/C26H30N4O6/c1-17-7-9-19(10-8-17)30(24(32)12-11-23(31)28-22-15-18(2)36-29-22)25(21-6-4-14-35-21)26(33)27-16-20-5-3-13-34-20/h4,6-10,14-15,20,25H,3,5,11-13,16H2,1-2H3,(H,27,33)(H,28,29,31)/t20-,25+/m0/s1. The minimum absolute atomic E-state index is 0.0569. The second-order valence-electron chi connectivity index (χ2n) is 8.77. The van der Waals surface area contributed by atoms with Crippen molar-refractivity contribution in [3.63, 3.8) is 0 Å². The molecule has 4 rings (SSSR count). The fourth-order valence-electron chi connectivity index (χ4n) is 4.05. The summed E-state index contributed by atoms with van der Waals surface area (Å²) in [5.41, 5.74) is 1.53. The lowest BCUT2D eigenvalue weighted by molar-refractivity contribution is -0.128. The third kappa shape index (κ3) is 6.39. The number of nitrogens with zero attached hydrogens (tertiary/aromatic N) is 2.